The fourth-order valence-corrected chi connectivity index (χ4v) is 3.81. The summed E-state index contributed by atoms with van der Waals surface area (Å²) in [6.07, 6.45) is 5.03. The van der Waals surface area contributed by atoms with E-state index in [1.807, 2.05) is 6.07 Å². The molecule has 8 heteroatoms. The van der Waals surface area contributed by atoms with Crippen LogP contribution in [-0.4, -0.2) is 31.8 Å². The Morgan fingerprint density at radius 3 is 2.74 bits per heavy atom. The van der Waals surface area contributed by atoms with E-state index in [0.29, 0.717) is 34.4 Å². The molecule has 2 N–H and O–H groups in total. The minimum Gasteiger partial charge on any atom is -0.495 e. The van der Waals surface area contributed by atoms with Crippen molar-refractivity contribution in [2.24, 2.45) is 0 Å². The Bertz CT molecular complexity index is 1190. The molecular weight excluding hydrogens is 364 g/mol. The molecule has 0 unspecified atom stereocenters. The van der Waals surface area contributed by atoms with Gasteiger partial charge in [0.1, 0.15) is 23.3 Å². The minimum atomic E-state index is -3.32. The average molecular weight is 382 g/mol. The molecule has 0 radical (unpaired) electrons. The van der Waals surface area contributed by atoms with Gasteiger partial charge in [-0.15, -0.1) is 0 Å². The summed E-state index contributed by atoms with van der Waals surface area (Å²) in [5, 5.41) is 13.4. The van der Waals surface area contributed by atoms with Gasteiger partial charge in [0.05, 0.1) is 23.3 Å². The highest BCUT2D eigenvalue weighted by atomic mass is 32.2. The number of nitrogens with one attached hydrogen (secondary N) is 2. The molecule has 0 amide bonds. The predicted octanol–water partition coefficient (Wildman–Crippen LogP) is 3.47. The van der Waals surface area contributed by atoms with Gasteiger partial charge in [-0.3, -0.25) is 0 Å². The standard InChI is InChI=1S/C19H18N4O3S/c1-26-16-7-13(27(2,24)25)5-6-15(16)22-17-8-14(11-3-4-11)18-12(9-20)10-21-19(18)23-17/h5-8,10-11H,3-4H2,1-2H3,(H2,21,22,23). The van der Waals surface area contributed by atoms with Gasteiger partial charge in [0.2, 0.25) is 0 Å². The number of nitrogens with zero attached hydrogens (tertiary/aromatic N) is 2. The van der Waals surface area contributed by atoms with Crippen LogP contribution in [-0.2, 0) is 9.84 Å². The number of pyridine rings is 1. The van der Waals surface area contributed by atoms with Crippen LogP contribution in [0.5, 0.6) is 5.75 Å². The summed E-state index contributed by atoms with van der Waals surface area (Å²) in [6.45, 7) is 0. The lowest BCUT2D eigenvalue weighted by atomic mass is 10.1. The molecule has 0 aliphatic heterocycles. The third kappa shape index (κ3) is 3.22. The zero-order chi connectivity index (χ0) is 19.2. The summed E-state index contributed by atoms with van der Waals surface area (Å²) in [5.41, 5.74) is 2.98. The Kier molecular flexibility index (Phi) is 4.04. The van der Waals surface area contributed by atoms with Crippen molar-refractivity contribution in [1.82, 2.24) is 9.97 Å². The van der Waals surface area contributed by atoms with E-state index < -0.39 is 9.84 Å². The molecule has 1 aliphatic carbocycles. The van der Waals surface area contributed by atoms with Gasteiger partial charge in [-0.05, 0) is 42.5 Å². The van der Waals surface area contributed by atoms with E-state index in [9.17, 15) is 13.7 Å². The van der Waals surface area contributed by atoms with Gasteiger partial charge < -0.3 is 15.0 Å². The molecule has 0 bridgehead atoms. The van der Waals surface area contributed by atoms with Crippen LogP contribution in [0.1, 0.15) is 29.9 Å². The van der Waals surface area contributed by atoms with E-state index in [-0.39, 0.29) is 4.90 Å². The Morgan fingerprint density at radius 1 is 1.33 bits per heavy atom. The number of aromatic nitrogens is 2. The zero-order valence-electron chi connectivity index (χ0n) is 14.9. The van der Waals surface area contributed by atoms with Gasteiger partial charge in [0.25, 0.3) is 0 Å². The Balaban J connectivity index is 1.77. The van der Waals surface area contributed by atoms with E-state index in [1.165, 1.54) is 19.2 Å². The highest BCUT2D eigenvalue weighted by molar-refractivity contribution is 7.90. The second-order valence-corrected chi connectivity index (χ2v) is 8.68. The highest BCUT2D eigenvalue weighted by Gasteiger charge is 2.28. The molecule has 0 saturated heterocycles. The summed E-state index contributed by atoms with van der Waals surface area (Å²) in [6, 6.07) is 8.85. The predicted molar refractivity (Wildman–Crippen MR) is 102 cm³/mol. The zero-order valence-corrected chi connectivity index (χ0v) is 15.7. The molecule has 1 aromatic carbocycles. The van der Waals surface area contributed by atoms with Crippen molar-refractivity contribution in [3.05, 3.63) is 41.6 Å². The number of benzene rings is 1. The maximum atomic E-state index is 11.8. The number of anilines is 2. The average Bonchev–Trinajstić information content (AvgIpc) is 3.40. The minimum absolute atomic E-state index is 0.190. The third-order valence-electron chi connectivity index (χ3n) is 4.67. The topological polar surface area (TPSA) is 108 Å². The first-order chi connectivity index (χ1) is 12.9. The lowest BCUT2D eigenvalue weighted by Gasteiger charge is -2.13. The van der Waals surface area contributed by atoms with Crippen molar-refractivity contribution in [2.75, 3.05) is 18.7 Å². The molecule has 138 valence electrons. The quantitative estimate of drug-likeness (QED) is 0.699. The van der Waals surface area contributed by atoms with E-state index in [1.54, 1.807) is 12.3 Å². The molecule has 2 heterocycles. The largest absolute Gasteiger partial charge is 0.495 e. The summed E-state index contributed by atoms with van der Waals surface area (Å²) in [5.74, 6) is 1.46. The Labute approximate surface area is 156 Å². The van der Waals surface area contributed by atoms with Crippen molar-refractivity contribution in [3.63, 3.8) is 0 Å². The summed E-state index contributed by atoms with van der Waals surface area (Å²) in [7, 11) is -1.83. The Morgan fingerprint density at radius 2 is 2.11 bits per heavy atom. The number of hydrogen-bond acceptors (Lipinski definition) is 6. The number of methoxy groups -OCH3 is 1. The number of H-pyrrole nitrogens is 1. The number of fused-ring (bicyclic) bond motifs is 1. The molecule has 2 aromatic heterocycles. The van der Waals surface area contributed by atoms with Gasteiger partial charge in [-0.25, -0.2) is 13.4 Å². The Hall–Kier alpha value is -3.05. The van der Waals surface area contributed by atoms with E-state index >= 15 is 0 Å². The fraction of sp³-hybridized carbons (Fsp3) is 0.263. The van der Waals surface area contributed by atoms with Crippen molar-refractivity contribution in [2.45, 2.75) is 23.7 Å². The monoisotopic (exact) mass is 382 g/mol. The lowest BCUT2D eigenvalue weighted by Crippen LogP contribution is -2.02. The maximum absolute atomic E-state index is 11.8. The number of sulfone groups is 1. The number of rotatable bonds is 5. The normalized spacial score (nSPS) is 14.1. The smallest absolute Gasteiger partial charge is 0.175 e. The molecule has 4 rings (SSSR count). The van der Waals surface area contributed by atoms with Crippen molar-refractivity contribution in [1.29, 1.82) is 5.26 Å². The van der Waals surface area contributed by atoms with E-state index in [0.717, 1.165) is 30.0 Å². The van der Waals surface area contributed by atoms with Crippen molar-refractivity contribution in [3.8, 4) is 11.8 Å². The van der Waals surface area contributed by atoms with Crippen LogP contribution < -0.4 is 10.1 Å². The molecular formula is C19H18N4O3S. The lowest BCUT2D eigenvalue weighted by molar-refractivity contribution is 0.415. The SMILES string of the molecule is COc1cc(S(C)(=O)=O)ccc1Nc1cc(C2CC2)c2c(C#N)c[nH]c2n1. The third-order valence-corrected chi connectivity index (χ3v) is 5.78. The molecule has 3 aromatic rings. The molecule has 0 atom stereocenters. The first-order valence-electron chi connectivity index (χ1n) is 8.48. The maximum Gasteiger partial charge on any atom is 0.175 e. The van der Waals surface area contributed by atoms with Crippen LogP contribution >= 0.6 is 0 Å². The van der Waals surface area contributed by atoms with Gasteiger partial charge in [0, 0.05) is 23.9 Å². The molecule has 0 spiro atoms. The molecule has 1 aliphatic rings. The fourth-order valence-electron chi connectivity index (χ4n) is 3.18. The molecule has 27 heavy (non-hydrogen) atoms. The van der Waals surface area contributed by atoms with Crippen LogP contribution in [0.2, 0.25) is 0 Å². The second kappa shape index (κ2) is 6.28. The van der Waals surface area contributed by atoms with Crippen LogP contribution in [0.15, 0.2) is 35.4 Å². The summed E-state index contributed by atoms with van der Waals surface area (Å²) < 4.78 is 28.9. The number of nitriles is 1. The van der Waals surface area contributed by atoms with Gasteiger partial charge in [-0.2, -0.15) is 5.26 Å². The number of hydrogen-bond donors (Lipinski definition) is 2. The van der Waals surface area contributed by atoms with Crippen LogP contribution in [0, 0.1) is 11.3 Å². The first-order valence-corrected chi connectivity index (χ1v) is 10.4. The number of aromatic amines is 1. The molecule has 1 saturated carbocycles. The van der Waals surface area contributed by atoms with Crippen molar-refractivity contribution >= 4 is 32.4 Å². The van der Waals surface area contributed by atoms with Gasteiger partial charge in [0.15, 0.2) is 9.84 Å². The summed E-state index contributed by atoms with van der Waals surface area (Å²) in [4.78, 5) is 7.82. The van der Waals surface area contributed by atoms with E-state index in [4.69, 9.17) is 4.74 Å². The van der Waals surface area contributed by atoms with Gasteiger partial charge in [-0.1, -0.05) is 0 Å². The van der Waals surface area contributed by atoms with E-state index in [2.05, 4.69) is 21.4 Å². The van der Waals surface area contributed by atoms with Crippen LogP contribution in [0.3, 0.4) is 0 Å². The molecule has 7 nitrogen and oxygen atoms in total. The summed E-state index contributed by atoms with van der Waals surface area (Å²) >= 11 is 0. The van der Waals surface area contributed by atoms with Gasteiger partial charge >= 0.3 is 0 Å². The van der Waals surface area contributed by atoms with Crippen molar-refractivity contribution < 1.29 is 13.2 Å². The van der Waals surface area contributed by atoms with Crippen LogP contribution in [0.4, 0.5) is 11.5 Å². The number of ether oxygens (including phenoxy) is 1. The highest BCUT2D eigenvalue weighted by Crippen LogP contribution is 2.44. The first kappa shape index (κ1) is 17.4. The second-order valence-electron chi connectivity index (χ2n) is 6.67. The van der Waals surface area contributed by atoms with Crippen LogP contribution in [0.25, 0.3) is 11.0 Å². The molecule has 1 fully saturated rings.